The normalized spacial score (nSPS) is 11.9. The first kappa shape index (κ1) is 22.5. The van der Waals surface area contributed by atoms with Crippen LogP contribution in [0.4, 0.5) is 10.1 Å². The topological polar surface area (TPSA) is 58.4 Å². The van der Waals surface area contributed by atoms with Gasteiger partial charge in [-0.1, -0.05) is 24.3 Å². The van der Waals surface area contributed by atoms with E-state index in [2.05, 4.69) is 10.2 Å². The van der Waals surface area contributed by atoms with Crippen molar-refractivity contribution in [2.75, 3.05) is 36.3 Å². The van der Waals surface area contributed by atoms with Crippen LogP contribution in [0.1, 0.15) is 11.1 Å². The van der Waals surface area contributed by atoms with Gasteiger partial charge in [0.1, 0.15) is 5.82 Å². The predicted molar refractivity (Wildman–Crippen MR) is 115 cm³/mol. The standard InChI is InChI=1S/C21H26Cl2FN3O/c22-10-13-27(14-11-23)19-7-3-17(4-8-19)15-20(25)21(28)26-12-9-16-1-5-18(24)6-2-16/h1-8,20H,9-15,25H2,(H,26,28)/t20-/m0/s1. The summed E-state index contributed by atoms with van der Waals surface area (Å²) in [6.45, 7) is 1.91. The molecule has 0 bridgehead atoms. The Morgan fingerprint density at radius 3 is 2.14 bits per heavy atom. The lowest BCUT2D eigenvalue weighted by molar-refractivity contribution is -0.122. The lowest BCUT2D eigenvalue weighted by atomic mass is 10.1. The summed E-state index contributed by atoms with van der Waals surface area (Å²) in [5.41, 5.74) is 9.03. The third kappa shape index (κ3) is 7.30. The highest BCUT2D eigenvalue weighted by Gasteiger charge is 2.14. The number of carbonyl (C=O) groups is 1. The molecule has 0 aromatic heterocycles. The zero-order valence-electron chi connectivity index (χ0n) is 15.7. The molecule has 7 heteroatoms. The van der Waals surface area contributed by atoms with Gasteiger partial charge in [0.05, 0.1) is 6.04 Å². The van der Waals surface area contributed by atoms with Crippen LogP contribution in [0.5, 0.6) is 0 Å². The van der Waals surface area contributed by atoms with Crippen LogP contribution in [-0.2, 0) is 17.6 Å². The molecule has 0 fully saturated rings. The van der Waals surface area contributed by atoms with Crippen LogP contribution < -0.4 is 16.0 Å². The highest BCUT2D eigenvalue weighted by atomic mass is 35.5. The number of nitrogens with one attached hydrogen (secondary N) is 1. The van der Waals surface area contributed by atoms with Gasteiger partial charge in [-0.3, -0.25) is 4.79 Å². The largest absolute Gasteiger partial charge is 0.369 e. The third-order valence-electron chi connectivity index (χ3n) is 4.43. The summed E-state index contributed by atoms with van der Waals surface area (Å²) in [5, 5.41) is 2.83. The van der Waals surface area contributed by atoms with Gasteiger partial charge in [0.25, 0.3) is 0 Å². The average Bonchev–Trinajstić information content (AvgIpc) is 2.70. The maximum absolute atomic E-state index is 12.9. The fraction of sp³-hybridized carbons (Fsp3) is 0.381. The molecule has 152 valence electrons. The molecule has 28 heavy (non-hydrogen) atoms. The van der Waals surface area contributed by atoms with Crippen molar-refractivity contribution < 1.29 is 9.18 Å². The highest BCUT2D eigenvalue weighted by Crippen LogP contribution is 2.16. The summed E-state index contributed by atoms with van der Waals surface area (Å²) in [5.74, 6) is 0.592. The zero-order valence-corrected chi connectivity index (χ0v) is 17.2. The van der Waals surface area contributed by atoms with Gasteiger partial charge in [-0.15, -0.1) is 23.2 Å². The van der Waals surface area contributed by atoms with Crippen LogP contribution >= 0.6 is 23.2 Å². The van der Waals surface area contributed by atoms with E-state index in [1.165, 1.54) is 12.1 Å². The van der Waals surface area contributed by atoms with Gasteiger partial charge in [0.2, 0.25) is 5.91 Å². The van der Waals surface area contributed by atoms with E-state index in [9.17, 15) is 9.18 Å². The molecule has 2 aromatic carbocycles. The molecular weight excluding hydrogens is 400 g/mol. The summed E-state index contributed by atoms with van der Waals surface area (Å²) >= 11 is 11.7. The van der Waals surface area contributed by atoms with Crippen molar-refractivity contribution >= 4 is 34.8 Å². The van der Waals surface area contributed by atoms with Crippen LogP contribution in [0.2, 0.25) is 0 Å². The van der Waals surface area contributed by atoms with Crippen molar-refractivity contribution in [2.45, 2.75) is 18.9 Å². The molecule has 3 N–H and O–H groups in total. The Kier molecular flexibility index (Phi) is 9.55. The first-order chi connectivity index (χ1) is 13.5. The third-order valence-corrected chi connectivity index (χ3v) is 4.77. The minimum Gasteiger partial charge on any atom is -0.369 e. The second kappa shape index (κ2) is 11.9. The number of anilines is 1. The lowest BCUT2D eigenvalue weighted by Crippen LogP contribution is -2.42. The van der Waals surface area contributed by atoms with E-state index in [1.54, 1.807) is 12.1 Å². The van der Waals surface area contributed by atoms with Crippen LogP contribution in [0, 0.1) is 5.82 Å². The summed E-state index contributed by atoms with van der Waals surface area (Å²) in [6, 6.07) is 13.5. The summed E-state index contributed by atoms with van der Waals surface area (Å²) in [4.78, 5) is 14.3. The SMILES string of the molecule is N[C@@H](Cc1ccc(N(CCCl)CCCl)cc1)C(=O)NCCc1ccc(F)cc1. The van der Waals surface area contributed by atoms with Gasteiger partial charge in [-0.25, -0.2) is 4.39 Å². The maximum atomic E-state index is 12.9. The quantitative estimate of drug-likeness (QED) is 0.542. The van der Waals surface area contributed by atoms with Gasteiger partial charge < -0.3 is 16.0 Å². The molecule has 0 radical (unpaired) electrons. The predicted octanol–water partition coefficient (Wildman–Crippen LogP) is 3.34. The van der Waals surface area contributed by atoms with Crippen molar-refractivity contribution in [3.05, 3.63) is 65.5 Å². The summed E-state index contributed by atoms with van der Waals surface area (Å²) in [6.07, 6.45) is 1.08. The molecule has 2 aromatic rings. The van der Waals surface area contributed by atoms with E-state index in [-0.39, 0.29) is 11.7 Å². The van der Waals surface area contributed by atoms with E-state index in [0.717, 1.165) is 29.9 Å². The monoisotopic (exact) mass is 425 g/mol. The molecule has 0 spiro atoms. The molecule has 0 unspecified atom stereocenters. The molecule has 0 heterocycles. The van der Waals surface area contributed by atoms with Crippen molar-refractivity contribution in [3.63, 3.8) is 0 Å². The van der Waals surface area contributed by atoms with Crippen molar-refractivity contribution in [2.24, 2.45) is 5.73 Å². The first-order valence-electron chi connectivity index (χ1n) is 9.27. The van der Waals surface area contributed by atoms with E-state index in [4.69, 9.17) is 28.9 Å². The average molecular weight is 426 g/mol. The molecule has 0 saturated carbocycles. The van der Waals surface area contributed by atoms with Crippen molar-refractivity contribution in [1.82, 2.24) is 5.32 Å². The molecule has 0 aliphatic rings. The van der Waals surface area contributed by atoms with Crippen LogP contribution in [0.3, 0.4) is 0 Å². The van der Waals surface area contributed by atoms with E-state index in [0.29, 0.717) is 31.1 Å². The van der Waals surface area contributed by atoms with Crippen LogP contribution in [-0.4, -0.2) is 43.3 Å². The second-order valence-corrected chi connectivity index (χ2v) is 7.27. The number of hydrogen-bond donors (Lipinski definition) is 2. The fourth-order valence-corrected chi connectivity index (χ4v) is 3.28. The number of carbonyl (C=O) groups excluding carboxylic acids is 1. The lowest BCUT2D eigenvalue weighted by Gasteiger charge is -2.23. The van der Waals surface area contributed by atoms with Crippen molar-refractivity contribution in [3.8, 4) is 0 Å². The highest BCUT2D eigenvalue weighted by molar-refractivity contribution is 6.18. The van der Waals surface area contributed by atoms with Gasteiger partial charge in [-0.2, -0.15) is 0 Å². The Hall–Kier alpha value is -1.82. The van der Waals surface area contributed by atoms with Crippen molar-refractivity contribution in [1.29, 1.82) is 0 Å². The number of amides is 1. The van der Waals surface area contributed by atoms with Gasteiger partial charge in [0.15, 0.2) is 0 Å². The number of nitrogens with two attached hydrogens (primary N) is 1. The second-order valence-electron chi connectivity index (χ2n) is 6.51. The number of alkyl halides is 2. The van der Waals surface area contributed by atoms with Crippen LogP contribution in [0.15, 0.2) is 48.5 Å². The summed E-state index contributed by atoms with van der Waals surface area (Å²) < 4.78 is 12.9. The molecule has 0 aliphatic carbocycles. The smallest absolute Gasteiger partial charge is 0.237 e. The van der Waals surface area contributed by atoms with E-state index in [1.807, 2.05) is 24.3 Å². The van der Waals surface area contributed by atoms with Gasteiger partial charge in [-0.05, 0) is 48.2 Å². The number of benzene rings is 2. The Morgan fingerprint density at radius 1 is 1.00 bits per heavy atom. The number of rotatable bonds is 11. The minimum absolute atomic E-state index is 0.197. The fourth-order valence-electron chi connectivity index (χ4n) is 2.88. The van der Waals surface area contributed by atoms with Crippen LogP contribution in [0.25, 0.3) is 0 Å². The van der Waals surface area contributed by atoms with Gasteiger partial charge >= 0.3 is 0 Å². The Labute approximate surface area is 175 Å². The molecule has 0 aliphatic heterocycles. The first-order valence-corrected chi connectivity index (χ1v) is 10.3. The molecule has 1 amide bonds. The Bertz CT molecular complexity index is 719. The van der Waals surface area contributed by atoms with E-state index >= 15 is 0 Å². The summed E-state index contributed by atoms with van der Waals surface area (Å²) in [7, 11) is 0. The molecule has 4 nitrogen and oxygen atoms in total. The maximum Gasteiger partial charge on any atom is 0.237 e. The Morgan fingerprint density at radius 2 is 1.57 bits per heavy atom. The molecule has 0 saturated heterocycles. The number of hydrogen-bond acceptors (Lipinski definition) is 3. The number of nitrogens with zero attached hydrogens (tertiary/aromatic N) is 1. The van der Waals surface area contributed by atoms with E-state index < -0.39 is 6.04 Å². The molecular formula is C21H26Cl2FN3O. The van der Waals surface area contributed by atoms with Gasteiger partial charge in [0, 0.05) is 37.1 Å². The number of halogens is 3. The molecule has 2 rings (SSSR count). The minimum atomic E-state index is -0.624. The molecule has 1 atom stereocenters. The zero-order chi connectivity index (χ0) is 20.4. The Balaban J connectivity index is 1.81.